The third kappa shape index (κ3) is 3.66. The Balaban J connectivity index is 2.44. The number of rotatable bonds is 4. The van der Waals surface area contributed by atoms with Crippen LogP contribution in [0.25, 0.3) is 0 Å². The van der Waals surface area contributed by atoms with E-state index in [4.69, 9.17) is 0 Å². The van der Waals surface area contributed by atoms with E-state index in [0.717, 1.165) is 20.4 Å². The number of halogens is 3. The van der Waals surface area contributed by atoms with Crippen LogP contribution < -0.4 is 5.32 Å². The van der Waals surface area contributed by atoms with Crippen molar-refractivity contribution in [1.29, 1.82) is 0 Å². The number of hydrogen-bond acceptors (Lipinski definition) is 2. The summed E-state index contributed by atoms with van der Waals surface area (Å²) in [6, 6.07) is 7.18. The Morgan fingerprint density at radius 1 is 1.26 bits per heavy atom. The highest BCUT2D eigenvalue weighted by atomic mass is 79.9. The second-order valence-corrected chi connectivity index (χ2v) is 7.62. The molecule has 0 fully saturated rings. The van der Waals surface area contributed by atoms with Gasteiger partial charge in [0.25, 0.3) is 0 Å². The molecule has 102 valence electrons. The molecule has 0 aliphatic rings. The standard InChI is InChI=1S/C14H14Br2FNS/c1-3-18-13(12-4-8(2)14(16)19-12)9-5-10(15)7-11(17)6-9/h4-7,13,18H,3H2,1-2H3. The van der Waals surface area contributed by atoms with Crippen LogP contribution in [0.2, 0.25) is 0 Å². The SMILES string of the molecule is CCNC(c1cc(F)cc(Br)c1)c1cc(C)c(Br)s1. The fraction of sp³-hybridized carbons (Fsp3) is 0.286. The van der Waals surface area contributed by atoms with E-state index in [0.29, 0.717) is 0 Å². The summed E-state index contributed by atoms with van der Waals surface area (Å²) in [4.78, 5) is 1.18. The smallest absolute Gasteiger partial charge is 0.124 e. The van der Waals surface area contributed by atoms with Crippen LogP contribution in [0.5, 0.6) is 0 Å². The third-order valence-corrected chi connectivity index (χ3v) is 5.45. The number of thiophene rings is 1. The molecule has 0 aliphatic carbocycles. The summed E-state index contributed by atoms with van der Waals surface area (Å²) in [6.45, 7) is 4.94. The van der Waals surface area contributed by atoms with Crippen molar-refractivity contribution in [1.82, 2.24) is 5.32 Å². The van der Waals surface area contributed by atoms with Gasteiger partial charge in [-0.15, -0.1) is 11.3 Å². The maximum absolute atomic E-state index is 13.6. The quantitative estimate of drug-likeness (QED) is 0.714. The highest BCUT2D eigenvalue weighted by Crippen LogP contribution is 2.35. The normalized spacial score (nSPS) is 12.7. The molecular weight excluding hydrogens is 393 g/mol. The summed E-state index contributed by atoms with van der Waals surface area (Å²) < 4.78 is 15.5. The second-order valence-electron chi connectivity index (χ2n) is 4.30. The van der Waals surface area contributed by atoms with E-state index in [-0.39, 0.29) is 11.9 Å². The lowest BCUT2D eigenvalue weighted by Gasteiger charge is -2.17. The van der Waals surface area contributed by atoms with Crippen molar-refractivity contribution in [2.45, 2.75) is 19.9 Å². The summed E-state index contributed by atoms with van der Waals surface area (Å²) >= 11 is 8.58. The summed E-state index contributed by atoms with van der Waals surface area (Å²) in [7, 11) is 0. The van der Waals surface area contributed by atoms with E-state index in [1.54, 1.807) is 17.4 Å². The lowest BCUT2D eigenvalue weighted by Crippen LogP contribution is -2.21. The molecule has 2 rings (SSSR count). The third-order valence-electron chi connectivity index (χ3n) is 2.79. The minimum Gasteiger partial charge on any atom is -0.306 e. The van der Waals surface area contributed by atoms with Crippen LogP contribution >= 0.6 is 43.2 Å². The molecule has 1 atom stereocenters. The molecule has 0 saturated heterocycles. The van der Waals surface area contributed by atoms with Crippen molar-refractivity contribution in [3.63, 3.8) is 0 Å². The first-order chi connectivity index (χ1) is 9.01. The maximum Gasteiger partial charge on any atom is 0.124 e. The van der Waals surface area contributed by atoms with Crippen LogP contribution in [0.1, 0.15) is 29.0 Å². The van der Waals surface area contributed by atoms with Crippen molar-refractivity contribution in [2.75, 3.05) is 6.54 Å². The van der Waals surface area contributed by atoms with E-state index >= 15 is 0 Å². The Hall–Kier alpha value is -0.230. The van der Waals surface area contributed by atoms with Gasteiger partial charge in [0.05, 0.1) is 9.83 Å². The highest BCUT2D eigenvalue weighted by molar-refractivity contribution is 9.11. The van der Waals surface area contributed by atoms with Crippen LogP contribution in [-0.4, -0.2) is 6.54 Å². The van der Waals surface area contributed by atoms with E-state index in [9.17, 15) is 4.39 Å². The zero-order chi connectivity index (χ0) is 14.0. The van der Waals surface area contributed by atoms with Gasteiger partial charge in [-0.3, -0.25) is 0 Å². The first kappa shape index (κ1) is 15.2. The maximum atomic E-state index is 13.6. The van der Waals surface area contributed by atoms with Gasteiger partial charge in [-0.1, -0.05) is 22.9 Å². The van der Waals surface area contributed by atoms with Crippen molar-refractivity contribution in [3.8, 4) is 0 Å². The summed E-state index contributed by atoms with van der Waals surface area (Å²) in [6.07, 6.45) is 0. The van der Waals surface area contributed by atoms with Gasteiger partial charge >= 0.3 is 0 Å². The Labute approximate surface area is 133 Å². The van der Waals surface area contributed by atoms with Gasteiger partial charge in [0.2, 0.25) is 0 Å². The zero-order valence-corrected chi connectivity index (χ0v) is 14.6. The Bertz CT molecular complexity index is 543. The van der Waals surface area contributed by atoms with Crippen molar-refractivity contribution in [3.05, 3.63) is 54.3 Å². The molecule has 0 bridgehead atoms. The molecule has 1 N–H and O–H groups in total. The van der Waals surface area contributed by atoms with Crippen molar-refractivity contribution in [2.24, 2.45) is 0 Å². The number of hydrogen-bond donors (Lipinski definition) is 1. The zero-order valence-electron chi connectivity index (χ0n) is 10.6. The first-order valence-corrected chi connectivity index (χ1v) is 8.36. The van der Waals surface area contributed by atoms with Gasteiger partial charge in [-0.25, -0.2) is 4.39 Å². The average molecular weight is 407 g/mol. The summed E-state index contributed by atoms with van der Waals surface area (Å²) in [5.74, 6) is -0.223. The molecular formula is C14H14Br2FNS. The van der Waals surface area contributed by atoms with Gasteiger partial charge in [0, 0.05) is 9.35 Å². The minimum absolute atomic E-state index is 0.0204. The molecule has 1 aromatic heterocycles. The van der Waals surface area contributed by atoms with Gasteiger partial charge in [-0.2, -0.15) is 0 Å². The Morgan fingerprint density at radius 2 is 2.00 bits per heavy atom. The number of nitrogens with one attached hydrogen (secondary N) is 1. The largest absolute Gasteiger partial charge is 0.306 e. The van der Waals surface area contributed by atoms with E-state index in [1.165, 1.54) is 16.5 Å². The van der Waals surface area contributed by atoms with Gasteiger partial charge in [0.15, 0.2) is 0 Å². The predicted octanol–water partition coefficient (Wildman–Crippen LogP) is 5.42. The number of aryl methyl sites for hydroxylation is 1. The first-order valence-electron chi connectivity index (χ1n) is 5.96. The topological polar surface area (TPSA) is 12.0 Å². The minimum atomic E-state index is -0.223. The molecule has 2 aromatic rings. The average Bonchev–Trinajstić information content (AvgIpc) is 2.65. The van der Waals surface area contributed by atoms with Gasteiger partial charge in [0.1, 0.15) is 5.82 Å². The molecule has 0 saturated carbocycles. The highest BCUT2D eigenvalue weighted by Gasteiger charge is 2.17. The molecule has 0 amide bonds. The lowest BCUT2D eigenvalue weighted by atomic mass is 10.0. The molecule has 1 heterocycles. The van der Waals surface area contributed by atoms with Gasteiger partial charge < -0.3 is 5.32 Å². The molecule has 0 aliphatic heterocycles. The molecule has 1 nitrogen and oxygen atoms in total. The van der Waals surface area contributed by atoms with Crippen LogP contribution in [0.3, 0.4) is 0 Å². The summed E-state index contributed by atoms with van der Waals surface area (Å²) in [5, 5.41) is 3.41. The second kappa shape index (κ2) is 6.48. The molecule has 0 radical (unpaired) electrons. The van der Waals surface area contributed by atoms with Crippen LogP contribution in [-0.2, 0) is 0 Å². The summed E-state index contributed by atoms with van der Waals surface area (Å²) in [5.41, 5.74) is 2.14. The lowest BCUT2D eigenvalue weighted by molar-refractivity contribution is 0.606. The molecule has 0 spiro atoms. The number of benzene rings is 1. The van der Waals surface area contributed by atoms with Crippen LogP contribution in [0.4, 0.5) is 4.39 Å². The molecule has 1 aromatic carbocycles. The van der Waals surface area contributed by atoms with E-state index in [2.05, 4.69) is 57.1 Å². The monoisotopic (exact) mass is 405 g/mol. The van der Waals surface area contributed by atoms with E-state index in [1.807, 2.05) is 6.07 Å². The molecule has 1 unspecified atom stereocenters. The molecule has 5 heteroatoms. The predicted molar refractivity (Wildman–Crippen MR) is 86.4 cm³/mol. The van der Waals surface area contributed by atoms with Gasteiger partial charge in [-0.05, 0) is 64.8 Å². The van der Waals surface area contributed by atoms with Crippen molar-refractivity contribution < 1.29 is 4.39 Å². The fourth-order valence-electron chi connectivity index (χ4n) is 1.95. The fourth-order valence-corrected chi connectivity index (χ4v) is 4.11. The Kier molecular flexibility index (Phi) is 5.17. The van der Waals surface area contributed by atoms with Crippen molar-refractivity contribution >= 4 is 43.2 Å². The Morgan fingerprint density at radius 3 is 2.53 bits per heavy atom. The van der Waals surface area contributed by atoms with Crippen LogP contribution in [0.15, 0.2) is 32.5 Å². The molecule has 19 heavy (non-hydrogen) atoms. The van der Waals surface area contributed by atoms with E-state index < -0.39 is 0 Å². The van der Waals surface area contributed by atoms with Crippen LogP contribution in [0, 0.1) is 12.7 Å².